The van der Waals surface area contributed by atoms with Crippen molar-refractivity contribution in [3.05, 3.63) is 29.8 Å². The van der Waals surface area contributed by atoms with E-state index in [-0.39, 0.29) is 11.8 Å². The maximum absolute atomic E-state index is 11.7. The topological polar surface area (TPSA) is 52.6 Å². The summed E-state index contributed by atoms with van der Waals surface area (Å²) in [4.78, 5) is 14.0. The molecule has 104 valence electrons. The number of hydrogen-bond acceptors (Lipinski definition) is 3. The molecule has 1 aromatic rings. The molecule has 4 nitrogen and oxygen atoms in total. The normalized spacial score (nSPS) is 21.0. The monoisotopic (exact) mass is 262 g/mol. The van der Waals surface area contributed by atoms with Crippen molar-refractivity contribution >= 4 is 11.6 Å². The molecule has 0 bridgehead atoms. The van der Waals surface area contributed by atoms with Crippen LogP contribution < -0.4 is 10.2 Å². The van der Waals surface area contributed by atoms with Gasteiger partial charge in [0, 0.05) is 25.8 Å². The van der Waals surface area contributed by atoms with E-state index in [2.05, 4.69) is 10.2 Å². The molecule has 1 aliphatic rings. The first-order valence-corrected chi connectivity index (χ1v) is 6.86. The standard InChI is InChI=1S/C15H22N2O2/c1-11(18)12-5-7-14(8-6-12)17-9-3-4-13(10-17)15(19)16-2/h5-8,11,13,18H,3-4,9-10H2,1-2H3,(H,16,19). The third-order valence-corrected chi connectivity index (χ3v) is 3.78. The number of benzene rings is 1. The maximum Gasteiger partial charge on any atom is 0.224 e. The average Bonchev–Trinajstić information content (AvgIpc) is 2.46. The molecule has 1 heterocycles. The van der Waals surface area contributed by atoms with Crippen molar-refractivity contribution in [3.8, 4) is 0 Å². The Hall–Kier alpha value is -1.55. The van der Waals surface area contributed by atoms with Gasteiger partial charge in [-0.05, 0) is 37.5 Å². The van der Waals surface area contributed by atoms with Crippen LogP contribution in [0.2, 0.25) is 0 Å². The van der Waals surface area contributed by atoms with E-state index in [9.17, 15) is 9.90 Å². The Labute approximate surface area is 114 Å². The van der Waals surface area contributed by atoms with Gasteiger partial charge in [-0.2, -0.15) is 0 Å². The minimum absolute atomic E-state index is 0.0789. The first-order valence-electron chi connectivity index (χ1n) is 6.86. The largest absolute Gasteiger partial charge is 0.389 e. The molecule has 0 aliphatic carbocycles. The van der Waals surface area contributed by atoms with Crippen LogP contribution >= 0.6 is 0 Å². The van der Waals surface area contributed by atoms with Crippen molar-refractivity contribution in [3.63, 3.8) is 0 Å². The van der Waals surface area contributed by atoms with Crippen molar-refractivity contribution in [2.45, 2.75) is 25.9 Å². The molecule has 1 aliphatic heterocycles. The summed E-state index contributed by atoms with van der Waals surface area (Å²) in [5.41, 5.74) is 2.04. The molecule has 2 rings (SSSR count). The molecule has 1 aromatic carbocycles. The molecule has 2 unspecified atom stereocenters. The van der Waals surface area contributed by atoms with Crippen LogP contribution in [-0.4, -0.2) is 31.2 Å². The fourth-order valence-electron chi connectivity index (χ4n) is 2.59. The zero-order valence-corrected chi connectivity index (χ0v) is 11.6. The number of rotatable bonds is 3. The number of carbonyl (C=O) groups excluding carboxylic acids is 1. The van der Waals surface area contributed by atoms with Gasteiger partial charge in [0.05, 0.1) is 12.0 Å². The van der Waals surface area contributed by atoms with Crippen LogP contribution in [0.15, 0.2) is 24.3 Å². The number of anilines is 1. The summed E-state index contributed by atoms with van der Waals surface area (Å²) in [6, 6.07) is 7.94. The second kappa shape index (κ2) is 6.06. The highest BCUT2D eigenvalue weighted by molar-refractivity contribution is 5.79. The summed E-state index contributed by atoms with van der Waals surface area (Å²) in [7, 11) is 1.69. The molecule has 0 spiro atoms. The molecular formula is C15H22N2O2. The van der Waals surface area contributed by atoms with Crippen molar-refractivity contribution < 1.29 is 9.90 Å². The SMILES string of the molecule is CNC(=O)C1CCCN(c2ccc(C(C)O)cc2)C1. The van der Waals surface area contributed by atoms with E-state index >= 15 is 0 Å². The molecule has 0 saturated carbocycles. The molecule has 1 fully saturated rings. The molecule has 0 aromatic heterocycles. The minimum Gasteiger partial charge on any atom is -0.389 e. The lowest BCUT2D eigenvalue weighted by Gasteiger charge is -2.33. The number of amides is 1. The van der Waals surface area contributed by atoms with Crippen molar-refractivity contribution in [1.29, 1.82) is 0 Å². The van der Waals surface area contributed by atoms with Gasteiger partial charge in [0.25, 0.3) is 0 Å². The van der Waals surface area contributed by atoms with Crippen molar-refractivity contribution in [2.24, 2.45) is 5.92 Å². The lowest BCUT2D eigenvalue weighted by molar-refractivity contribution is -0.124. The Kier molecular flexibility index (Phi) is 4.43. The summed E-state index contributed by atoms with van der Waals surface area (Å²) < 4.78 is 0. The maximum atomic E-state index is 11.7. The second-order valence-corrected chi connectivity index (χ2v) is 5.17. The highest BCUT2D eigenvalue weighted by atomic mass is 16.3. The van der Waals surface area contributed by atoms with E-state index in [1.54, 1.807) is 14.0 Å². The lowest BCUT2D eigenvalue weighted by atomic mass is 9.96. The van der Waals surface area contributed by atoms with Gasteiger partial charge < -0.3 is 15.3 Å². The third kappa shape index (κ3) is 3.26. The summed E-state index contributed by atoms with van der Waals surface area (Å²) >= 11 is 0. The van der Waals surface area contributed by atoms with Gasteiger partial charge >= 0.3 is 0 Å². The number of aliphatic hydroxyl groups is 1. The number of carbonyl (C=O) groups is 1. The second-order valence-electron chi connectivity index (χ2n) is 5.17. The van der Waals surface area contributed by atoms with Gasteiger partial charge in [-0.15, -0.1) is 0 Å². The molecule has 0 radical (unpaired) electrons. The van der Waals surface area contributed by atoms with Crippen LogP contribution in [0.25, 0.3) is 0 Å². The van der Waals surface area contributed by atoms with E-state index in [0.717, 1.165) is 37.2 Å². The van der Waals surface area contributed by atoms with Crippen LogP contribution in [0, 0.1) is 5.92 Å². The summed E-state index contributed by atoms with van der Waals surface area (Å²) in [5.74, 6) is 0.209. The zero-order chi connectivity index (χ0) is 13.8. The molecule has 2 N–H and O–H groups in total. The Morgan fingerprint density at radius 2 is 2.11 bits per heavy atom. The predicted octanol–water partition coefficient (Wildman–Crippen LogP) is 1.70. The molecule has 2 atom stereocenters. The van der Waals surface area contributed by atoms with Gasteiger partial charge in [0.2, 0.25) is 5.91 Å². The summed E-state index contributed by atoms with van der Waals surface area (Å²) in [6.07, 6.45) is 1.56. The first kappa shape index (κ1) is 13.9. The van der Waals surface area contributed by atoms with Gasteiger partial charge in [-0.1, -0.05) is 12.1 Å². The Morgan fingerprint density at radius 3 is 2.68 bits per heavy atom. The van der Waals surface area contributed by atoms with E-state index in [1.165, 1.54) is 0 Å². The number of aliphatic hydroxyl groups excluding tert-OH is 1. The van der Waals surface area contributed by atoms with Crippen LogP contribution in [0.5, 0.6) is 0 Å². The molecular weight excluding hydrogens is 240 g/mol. The van der Waals surface area contributed by atoms with Gasteiger partial charge in [0.15, 0.2) is 0 Å². The number of piperidine rings is 1. The molecule has 1 saturated heterocycles. The van der Waals surface area contributed by atoms with Crippen LogP contribution in [-0.2, 0) is 4.79 Å². The summed E-state index contributed by atoms with van der Waals surface area (Å²) in [5, 5.41) is 12.2. The van der Waals surface area contributed by atoms with Crippen molar-refractivity contribution in [1.82, 2.24) is 5.32 Å². The quantitative estimate of drug-likeness (QED) is 0.872. The minimum atomic E-state index is -0.436. The van der Waals surface area contributed by atoms with Gasteiger partial charge in [-0.25, -0.2) is 0 Å². The van der Waals surface area contributed by atoms with E-state index in [0.29, 0.717) is 0 Å². The molecule has 1 amide bonds. The fourth-order valence-corrected chi connectivity index (χ4v) is 2.59. The fraction of sp³-hybridized carbons (Fsp3) is 0.533. The Morgan fingerprint density at radius 1 is 1.42 bits per heavy atom. The first-order chi connectivity index (χ1) is 9.11. The van der Waals surface area contributed by atoms with Crippen LogP contribution in [0.4, 0.5) is 5.69 Å². The Balaban J connectivity index is 2.06. The Bertz CT molecular complexity index is 428. The van der Waals surface area contributed by atoms with E-state index in [4.69, 9.17) is 0 Å². The average molecular weight is 262 g/mol. The van der Waals surface area contributed by atoms with E-state index < -0.39 is 6.10 Å². The van der Waals surface area contributed by atoms with Crippen LogP contribution in [0.1, 0.15) is 31.4 Å². The van der Waals surface area contributed by atoms with Crippen LogP contribution in [0.3, 0.4) is 0 Å². The predicted molar refractivity (Wildman–Crippen MR) is 76.1 cm³/mol. The zero-order valence-electron chi connectivity index (χ0n) is 11.6. The molecule has 19 heavy (non-hydrogen) atoms. The number of hydrogen-bond donors (Lipinski definition) is 2. The smallest absolute Gasteiger partial charge is 0.224 e. The summed E-state index contributed by atoms with van der Waals surface area (Å²) in [6.45, 7) is 3.52. The third-order valence-electron chi connectivity index (χ3n) is 3.78. The van der Waals surface area contributed by atoms with E-state index in [1.807, 2.05) is 24.3 Å². The molecule has 4 heteroatoms. The highest BCUT2D eigenvalue weighted by Crippen LogP contribution is 2.24. The number of nitrogens with one attached hydrogen (secondary N) is 1. The van der Waals surface area contributed by atoms with Gasteiger partial charge in [0.1, 0.15) is 0 Å². The number of nitrogens with zero attached hydrogens (tertiary/aromatic N) is 1. The van der Waals surface area contributed by atoms with Crippen molar-refractivity contribution in [2.75, 3.05) is 25.0 Å². The van der Waals surface area contributed by atoms with Gasteiger partial charge in [-0.3, -0.25) is 4.79 Å². The highest BCUT2D eigenvalue weighted by Gasteiger charge is 2.25. The lowest BCUT2D eigenvalue weighted by Crippen LogP contribution is -2.42.